The Morgan fingerprint density at radius 3 is 3.07 bits per heavy atom. The molecule has 0 N–H and O–H groups in total. The highest BCUT2D eigenvalue weighted by molar-refractivity contribution is 6.46. The lowest BCUT2D eigenvalue weighted by Crippen LogP contribution is -2.36. The summed E-state index contributed by atoms with van der Waals surface area (Å²) in [7, 11) is 0. The highest BCUT2D eigenvalue weighted by Crippen LogP contribution is 2.19. The summed E-state index contributed by atoms with van der Waals surface area (Å²) in [6, 6.07) is 0. The summed E-state index contributed by atoms with van der Waals surface area (Å²) < 4.78 is 16.3. The second-order valence-corrected chi connectivity index (χ2v) is 5.70. The van der Waals surface area contributed by atoms with Crippen LogP contribution < -0.4 is 0 Å². The number of carbonyl (C=O) groups excluding carboxylic acids is 1. The Morgan fingerprint density at radius 1 is 1.60 bits per heavy atom. The highest BCUT2D eigenvalue weighted by atomic mass is 27.2. The molecule has 1 saturated heterocycles. The summed E-state index contributed by atoms with van der Waals surface area (Å²) >= 11 is -1.77. The van der Waals surface area contributed by atoms with Gasteiger partial charge in [0.1, 0.15) is 6.29 Å². The third kappa shape index (κ3) is 5.53. The van der Waals surface area contributed by atoms with E-state index in [1.54, 1.807) is 0 Å². The van der Waals surface area contributed by atoms with Crippen molar-refractivity contribution in [2.45, 2.75) is 51.1 Å². The van der Waals surface area contributed by atoms with Gasteiger partial charge in [-0.3, -0.25) is 4.79 Å². The Labute approximate surface area is 95.9 Å². The predicted molar refractivity (Wildman–Crippen MR) is 57.3 cm³/mol. The molecular formula is C10H19AlO4. The molecule has 1 heterocycles. The Morgan fingerprint density at radius 2 is 2.40 bits per heavy atom. The lowest BCUT2D eigenvalue weighted by molar-refractivity contribution is -0.139. The average molecular weight is 230 g/mol. The van der Waals surface area contributed by atoms with Gasteiger partial charge in [-0.15, -0.1) is 0 Å². The summed E-state index contributed by atoms with van der Waals surface area (Å²) in [5.41, 5.74) is 0. The minimum Gasteiger partial charge on any atom is -0.595 e. The van der Waals surface area contributed by atoms with Gasteiger partial charge in [0.05, 0.1) is 0 Å². The smallest absolute Gasteiger partial charge is 0.595 e. The quantitative estimate of drug-likeness (QED) is 0.535. The maximum atomic E-state index is 10.8. The van der Waals surface area contributed by atoms with Crippen molar-refractivity contribution in [3.63, 3.8) is 0 Å². The largest absolute Gasteiger partial charge is 0.768 e. The molecule has 0 bridgehead atoms. The van der Waals surface area contributed by atoms with E-state index in [9.17, 15) is 4.79 Å². The molecule has 1 rings (SSSR count). The van der Waals surface area contributed by atoms with Crippen molar-refractivity contribution in [1.82, 2.24) is 0 Å². The molecule has 0 saturated carbocycles. The van der Waals surface area contributed by atoms with Crippen LogP contribution in [0.1, 0.15) is 39.5 Å². The van der Waals surface area contributed by atoms with E-state index in [1.807, 2.05) is 0 Å². The summed E-state index contributed by atoms with van der Waals surface area (Å²) in [6.07, 6.45) is 4.01. The van der Waals surface area contributed by atoms with Crippen molar-refractivity contribution < 1.29 is 17.1 Å². The van der Waals surface area contributed by atoms with E-state index in [1.165, 1.54) is 6.92 Å². The van der Waals surface area contributed by atoms with Crippen molar-refractivity contribution in [2.24, 2.45) is 0 Å². The van der Waals surface area contributed by atoms with Crippen LogP contribution >= 0.6 is 0 Å². The normalized spacial score (nSPS) is 21.5. The number of ether oxygens (including phenoxy) is 1. The van der Waals surface area contributed by atoms with Crippen molar-refractivity contribution >= 4 is 20.8 Å². The first kappa shape index (κ1) is 13.0. The summed E-state index contributed by atoms with van der Waals surface area (Å²) in [4.78, 5) is 10.8. The lowest BCUT2D eigenvalue weighted by Gasteiger charge is -2.26. The number of carbonyl (C=O) groups is 1. The van der Waals surface area contributed by atoms with Crippen LogP contribution in [0.2, 0.25) is 5.28 Å². The molecule has 0 radical (unpaired) electrons. The van der Waals surface area contributed by atoms with Gasteiger partial charge < -0.3 is 12.3 Å². The molecule has 1 aliphatic rings. The highest BCUT2D eigenvalue weighted by Gasteiger charge is 2.36. The summed E-state index contributed by atoms with van der Waals surface area (Å²) in [6.45, 7) is 4.29. The van der Waals surface area contributed by atoms with E-state index in [-0.39, 0.29) is 12.3 Å². The first-order valence-electron chi connectivity index (χ1n) is 5.66. The van der Waals surface area contributed by atoms with Gasteiger partial charge in [-0.1, -0.05) is 19.8 Å². The molecule has 0 amide bonds. The van der Waals surface area contributed by atoms with Crippen LogP contribution in [0.25, 0.3) is 0 Å². The van der Waals surface area contributed by atoms with Gasteiger partial charge in [0, 0.05) is 13.5 Å². The fourth-order valence-corrected chi connectivity index (χ4v) is 3.31. The maximum Gasteiger partial charge on any atom is 0.768 e. The molecule has 86 valence electrons. The van der Waals surface area contributed by atoms with Crippen molar-refractivity contribution in [3.8, 4) is 0 Å². The van der Waals surface area contributed by atoms with E-state index >= 15 is 0 Å². The molecule has 0 aliphatic carbocycles. The predicted octanol–water partition coefficient (Wildman–Crippen LogP) is 1.99. The SMILES string of the molecule is CCCCOC1CC[CH2][Al]([O]C(C)=O)[O]1. The molecule has 0 aromatic rings. The fourth-order valence-electron chi connectivity index (χ4n) is 1.51. The van der Waals surface area contributed by atoms with Crippen LogP contribution in [0.4, 0.5) is 0 Å². The second-order valence-electron chi connectivity index (χ2n) is 3.76. The van der Waals surface area contributed by atoms with Gasteiger partial charge in [-0.05, 0) is 18.1 Å². The minimum absolute atomic E-state index is 0.138. The molecule has 0 aromatic heterocycles. The first-order chi connectivity index (χ1) is 7.22. The molecule has 1 fully saturated rings. The van der Waals surface area contributed by atoms with E-state index in [2.05, 4.69) is 6.92 Å². The summed E-state index contributed by atoms with van der Waals surface area (Å²) in [5, 5.41) is 0.910. The zero-order valence-corrected chi connectivity index (χ0v) is 10.7. The monoisotopic (exact) mass is 230 g/mol. The van der Waals surface area contributed by atoms with Crippen LogP contribution in [-0.4, -0.2) is 33.7 Å². The van der Waals surface area contributed by atoms with Gasteiger partial charge in [0.25, 0.3) is 5.97 Å². The molecule has 15 heavy (non-hydrogen) atoms. The third-order valence-corrected chi connectivity index (χ3v) is 4.36. The molecule has 1 aliphatic heterocycles. The van der Waals surface area contributed by atoms with Gasteiger partial charge in [0.15, 0.2) is 0 Å². The topological polar surface area (TPSA) is 44.8 Å². The van der Waals surface area contributed by atoms with Gasteiger partial charge in [0.2, 0.25) is 0 Å². The first-order valence-corrected chi connectivity index (χ1v) is 7.42. The van der Waals surface area contributed by atoms with E-state index < -0.39 is 14.8 Å². The van der Waals surface area contributed by atoms with Crippen LogP contribution in [0.5, 0.6) is 0 Å². The van der Waals surface area contributed by atoms with Crippen molar-refractivity contribution in [3.05, 3.63) is 0 Å². The van der Waals surface area contributed by atoms with Gasteiger partial charge in [-0.25, -0.2) is 0 Å². The van der Waals surface area contributed by atoms with Crippen LogP contribution in [0.15, 0.2) is 0 Å². The Bertz CT molecular complexity index is 198. The molecule has 1 atom stereocenters. The standard InChI is InChI=1S/C8H16O2.C2H4O2.Al/c1-3-5-7-10-8(9)6-4-2;1-2(3)4;/h8H,2-7H2,1H3;1H3,(H,3,4);/q-1;;+2/p-1. The molecular weight excluding hydrogens is 211 g/mol. The third-order valence-electron chi connectivity index (χ3n) is 2.28. The average Bonchev–Trinajstić information content (AvgIpc) is 2.18. The van der Waals surface area contributed by atoms with Crippen LogP contribution in [0.3, 0.4) is 0 Å². The molecule has 0 aromatic carbocycles. The minimum atomic E-state index is -1.77. The van der Waals surface area contributed by atoms with Gasteiger partial charge in [-0.2, -0.15) is 0 Å². The molecule has 1 unspecified atom stereocenters. The van der Waals surface area contributed by atoms with Gasteiger partial charge >= 0.3 is 14.8 Å². The fraction of sp³-hybridized carbons (Fsp3) is 0.900. The van der Waals surface area contributed by atoms with Crippen LogP contribution in [0, 0.1) is 0 Å². The van der Waals surface area contributed by atoms with Crippen molar-refractivity contribution in [2.75, 3.05) is 6.61 Å². The zero-order valence-electron chi connectivity index (χ0n) is 9.53. The molecule has 0 spiro atoms. The Hall–Kier alpha value is -0.0775. The number of rotatable bonds is 5. The second kappa shape index (κ2) is 7.24. The molecule has 4 nitrogen and oxygen atoms in total. The van der Waals surface area contributed by atoms with E-state index in [0.717, 1.165) is 37.6 Å². The van der Waals surface area contributed by atoms with E-state index in [4.69, 9.17) is 12.3 Å². The lowest BCUT2D eigenvalue weighted by atomic mass is 10.3. The number of hydrogen-bond acceptors (Lipinski definition) is 4. The Balaban J connectivity index is 2.19. The number of hydrogen-bond donors (Lipinski definition) is 0. The molecule has 5 heteroatoms. The number of unbranched alkanes of at least 4 members (excludes halogenated alkanes) is 1. The maximum absolute atomic E-state index is 10.8. The van der Waals surface area contributed by atoms with Crippen LogP contribution in [-0.2, 0) is 17.1 Å². The zero-order chi connectivity index (χ0) is 11.1. The Kier molecular flexibility index (Phi) is 6.27. The van der Waals surface area contributed by atoms with E-state index in [0.29, 0.717) is 0 Å². The summed E-state index contributed by atoms with van der Waals surface area (Å²) in [5.74, 6) is -0.235. The van der Waals surface area contributed by atoms with Crippen molar-refractivity contribution in [1.29, 1.82) is 0 Å².